The number of methoxy groups -OCH3 is 1. The molecule has 1 amide bonds. The Morgan fingerprint density at radius 2 is 1.90 bits per heavy atom. The zero-order valence-corrected chi connectivity index (χ0v) is 13.3. The van der Waals surface area contributed by atoms with Gasteiger partial charge in [-0.05, 0) is 30.5 Å². The maximum atomic E-state index is 11.2. The van der Waals surface area contributed by atoms with Crippen molar-refractivity contribution in [1.29, 1.82) is 0 Å². The molecule has 5 nitrogen and oxygen atoms in total. The van der Waals surface area contributed by atoms with Crippen LogP contribution in [0.1, 0.15) is 38.7 Å². The zero-order chi connectivity index (χ0) is 15.9. The Kier molecular flexibility index (Phi) is 6.65. The summed E-state index contributed by atoms with van der Waals surface area (Å²) in [6.45, 7) is 3.83. The molecule has 0 aromatic heterocycles. The molecule has 0 unspecified atom stereocenters. The van der Waals surface area contributed by atoms with Crippen molar-refractivity contribution in [2.45, 2.75) is 38.7 Å². The van der Waals surface area contributed by atoms with Crippen LogP contribution in [0.2, 0.25) is 5.02 Å². The van der Waals surface area contributed by atoms with E-state index in [-0.39, 0.29) is 0 Å². The van der Waals surface area contributed by atoms with Crippen molar-refractivity contribution in [2.24, 2.45) is 5.10 Å². The Balaban J connectivity index is 3.05. The number of benzene rings is 1. The molecule has 0 saturated heterocycles. The highest BCUT2D eigenvalue weighted by Crippen LogP contribution is 2.23. The highest BCUT2D eigenvalue weighted by atomic mass is 35.5. The Labute approximate surface area is 130 Å². The summed E-state index contributed by atoms with van der Waals surface area (Å²) in [5.41, 5.74) is 2.79. The number of amides is 1. The fraction of sp³-hybridized carbons (Fsp3) is 0.467. The minimum Gasteiger partial charge on any atom is -0.452 e. The number of hydrogen-bond acceptors (Lipinski definition) is 4. The number of aliphatic hydroxyl groups is 1. The van der Waals surface area contributed by atoms with Gasteiger partial charge in [-0.1, -0.05) is 37.6 Å². The predicted octanol–water partition coefficient (Wildman–Crippen LogP) is 3.34. The highest BCUT2D eigenvalue weighted by Gasteiger charge is 2.25. The minimum atomic E-state index is -0.865. The molecule has 0 saturated carbocycles. The second kappa shape index (κ2) is 8.00. The molecule has 0 aliphatic carbocycles. The third-order valence-electron chi connectivity index (χ3n) is 3.46. The fourth-order valence-electron chi connectivity index (χ4n) is 1.82. The van der Waals surface area contributed by atoms with Crippen LogP contribution in [0, 0.1) is 0 Å². The van der Waals surface area contributed by atoms with E-state index in [0.29, 0.717) is 30.0 Å². The first kappa shape index (κ1) is 17.5. The zero-order valence-electron chi connectivity index (χ0n) is 12.5. The summed E-state index contributed by atoms with van der Waals surface area (Å²) < 4.78 is 4.50. The smallest absolute Gasteiger partial charge is 0.427 e. The topological polar surface area (TPSA) is 70.9 Å². The Bertz CT molecular complexity index is 496. The third-order valence-corrected chi connectivity index (χ3v) is 3.71. The van der Waals surface area contributed by atoms with Crippen LogP contribution in [-0.2, 0) is 4.74 Å². The molecule has 0 aliphatic rings. The van der Waals surface area contributed by atoms with Crippen molar-refractivity contribution < 1.29 is 14.6 Å². The van der Waals surface area contributed by atoms with E-state index in [1.165, 1.54) is 7.11 Å². The van der Waals surface area contributed by atoms with Crippen LogP contribution in [0.3, 0.4) is 0 Å². The van der Waals surface area contributed by atoms with Gasteiger partial charge in [0.2, 0.25) is 0 Å². The molecule has 0 heterocycles. The standard InChI is InChI=1S/C15H21ClN2O3/c1-4-15(20,5-2)10-13(17-18-14(19)21-3)11-6-8-12(16)9-7-11/h6-9,20H,4-5,10H2,1-3H3,(H,18,19)/b17-13-. The van der Waals surface area contributed by atoms with E-state index >= 15 is 0 Å². The number of carbonyl (C=O) groups excluding carboxylic acids is 1. The van der Waals surface area contributed by atoms with Crippen LogP contribution in [0.5, 0.6) is 0 Å². The van der Waals surface area contributed by atoms with Crippen molar-refractivity contribution in [2.75, 3.05) is 7.11 Å². The van der Waals surface area contributed by atoms with Gasteiger partial charge in [-0.3, -0.25) is 0 Å². The molecule has 0 atom stereocenters. The average Bonchev–Trinajstić information content (AvgIpc) is 2.51. The van der Waals surface area contributed by atoms with Crippen molar-refractivity contribution in [3.63, 3.8) is 0 Å². The number of hydrogen-bond donors (Lipinski definition) is 2. The lowest BCUT2D eigenvalue weighted by atomic mass is 9.89. The van der Waals surface area contributed by atoms with Crippen LogP contribution >= 0.6 is 11.6 Å². The first-order valence-electron chi connectivity index (χ1n) is 6.83. The lowest BCUT2D eigenvalue weighted by Crippen LogP contribution is -2.31. The number of ether oxygens (including phenoxy) is 1. The molecule has 0 radical (unpaired) electrons. The number of nitrogens with one attached hydrogen (secondary N) is 1. The molecule has 6 heteroatoms. The fourth-order valence-corrected chi connectivity index (χ4v) is 1.94. The van der Waals surface area contributed by atoms with Crippen molar-refractivity contribution in [3.8, 4) is 0 Å². The van der Waals surface area contributed by atoms with Gasteiger partial charge in [0, 0.05) is 11.4 Å². The van der Waals surface area contributed by atoms with E-state index < -0.39 is 11.7 Å². The van der Waals surface area contributed by atoms with Crippen molar-refractivity contribution >= 4 is 23.4 Å². The van der Waals surface area contributed by atoms with E-state index in [2.05, 4.69) is 15.3 Å². The lowest BCUT2D eigenvalue weighted by molar-refractivity contribution is 0.0397. The van der Waals surface area contributed by atoms with Gasteiger partial charge >= 0.3 is 6.09 Å². The van der Waals surface area contributed by atoms with E-state index in [0.717, 1.165) is 5.56 Å². The van der Waals surface area contributed by atoms with Gasteiger partial charge in [-0.2, -0.15) is 5.10 Å². The quantitative estimate of drug-likeness (QED) is 0.625. The summed E-state index contributed by atoms with van der Waals surface area (Å²) in [5, 5.41) is 15.2. The van der Waals surface area contributed by atoms with Gasteiger partial charge in [0.1, 0.15) is 0 Å². The van der Waals surface area contributed by atoms with Gasteiger partial charge in [-0.15, -0.1) is 0 Å². The van der Waals surface area contributed by atoms with E-state index in [1.54, 1.807) is 24.3 Å². The summed E-state index contributed by atoms with van der Waals surface area (Å²) in [6.07, 6.45) is 0.854. The van der Waals surface area contributed by atoms with Crippen LogP contribution in [0.4, 0.5) is 4.79 Å². The minimum absolute atomic E-state index is 0.325. The normalized spacial score (nSPS) is 12.1. The molecular weight excluding hydrogens is 292 g/mol. The molecule has 1 aromatic rings. The lowest BCUT2D eigenvalue weighted by Gasteiger charge is -2.25. The van der Waals surface area contributed by atoms with E-state index in [4.69, 9.17) is 11.6 Å². The Morgan fingerprint density at radius 1 is 1.33 bits per heavy atom. The summed E-state index contributed by atoms with van der Waals surface area (Å²) in [4.78, 5) is 11.2. The van der Waals surface area contributed by atoms with Gasteiger partial charge in [0.15, 0.2) is 0 Å². The summed E-state index contributed by atoms with van der Waals surface area (Å²) in [6, 6.07) is 7.07. The number of carbonyl (C=O) groups is 1. The molecule has 1 aromatic carbocycles. The van der Waals surface area contributed by atoms with Crippen LogP contribution < -0.4 is 5.43 Å². The molecule has 0 spiro atoms. The van der Waals surface area contributed by atoms with Gasteiger partial charge in [-0.25, -0.2) is 10.2 Å². The monoisotopic (exact) mass is 312 g/mol. The SMILES string of the molecule is CCC(O)(CC)C/C(=N/NC(=O)OC)c1ccc(Cl)cc1. The second-order valence-corrected chi connectivity index (χ2v) is 5.21. The molecule has 0 bridgehead atoms. The summed E-state index contributed by atoms with van der Waals surface area (Å²) in [5.74, 6) is 0. The largest absolute Gasteiger partial charge is 0.452 e. The maximum Gasteiger partial charge on any atom is 0.427 e. The van der Waals surface area contributed by atoms with E-state index in [1.807, 2.05) is 13.8 Å². The number of halogens is 1. The average molecular weight is 313 g/mol. The third kappa shape index (κ3) is 5.36. The summed E-state index contributed by atoms with van der Waals surface area (Å²) in [7, 11) is 1.27. The van der Waals surface area contributed by atoms with Gasteiger partial charge in [0.05, 0.1) is 18.4 Å². The summed E-state index contributed by atoms with van der Waals surface area (Å²) >= 11 is 5.87. The molecule has 0 aliphatic heterocycles. The molecule has 1 rings (SSSR count). The van der Waals surface area contributed by atoms with Gasteiger partial charge < -0.3 is 9.84 Å². The van der Waals surface area contributed by atoms with E-state index in [9.17, 15) is 9.90 Å². The molecule has 21 heavy (non-hydrogen) atoms. The maximum absolute atomic E-state index is 11.2. The molecule has 0 fully saturated rings. The van der Waals surface area contributed by atoms with Crippen molar-refractivity contribution in [1.82, 2.24) is 5.43 Å². The first-order chi connectivity index (χ1) is 9.94. The molecular formula is C15H21ClN2O3. The highest BCUT2D eigenvalue weighted by molar-refractivity contribution is 6.30. The predicted molar refractivity (Wildman–Crippen MR) is 83.7 cm³/mol. The first-order valence-corrected chi connectivity index (χ1v) is 7.20. The molecule has 2 N–H and O–H groups in total. The van der Waals surface area contributed by atoms with Crippen LogP contribution in [0.15, 0.2) is 29.4 Å². The van der Waals surface area contributed by atoms with Crippen LogP contribution in [-0.4, -0.2) is 29.6 Å². The Morgan fingerprint density at radius 3 is 2.38 bits per heavy atom. The number of rotatable bonds is 6. The van der Waals surface area contributed by atoms with Crippen LogP contribution in [0.25, 0.3) is 0 Å². The number of hydrazone groups is 1. The second-order valence-electron chi connectivity index (χ2n) is 4.78. The molecule has 116 valence electrons. The number of nitrogens with zero attached hydrogens (tertiary/aromatic N) is 1. The van der Waals surface area contributed by atoms with Crippen molar-refractivity contribution in [3.05, 3.63) is 34.9 Å². The van der Waals surface area contributed by atoms with Gasteiger partial charge in [0.25, 0.3) is 0 Å². The Hall–Kier alpha value is -1.59.